The van der Waals surface area contributed by atoms with Gasteiger partial charge in [-0.05, 0) is 32.6 Å². The van der Waals surface area contributed by atoms with Gasteiger partial charge in [0.15, 0.2) is 0 Å². The highest BCUT2D eigenvalue weighted by atomic mass is 16.5. The summed E-state index contributed by atoms with van der Waals surface area (Å²) in [6.45, 7) is 10.8. The van der Waals surface area contributed by atoms with Crippen LogP contribution in [0.4, 0.5) is 0 Å². The number of hydrogen-bond acceptors (Lipinski definition) is 3. The van der Waals surface area contributed by atoms with Crippen LogP contribution in [0.2, 0.25) is 0 Å². The number of carbonyl (C=O) groups excluding carboxylic acids is 1. The van der Waals surface area contributed by atoms with E-state index in [0.717, 1.165) is 12.8 Å². The van der Waals surface area contributed by atoms with E-state index >= 15 is 0 Å². The van der Waals surface area contributed by atoms with Gasteiger partial charge in [-0.1, -0.05) is 20.8 Å². The fourth-order valence-corrected chi connectivity index (χ4v) is 2.89. The Labute approximate surface area is 116 Å². The van der Waals surface area contributed by atoms with Gasteiger partial charge in [-0.3, -0.25) is 4.79 Å². The average Bonchev–Trinajstić information content (AvgIpc) is 2.65. The van der Waals surface area contributed by atoms with Crippen molar-refractivity contribution in [2.45, 2.75) is 59.7 Å². The predicted octanol–water partition coefficient (Wildman–Crippen LogP) is 1.96. The molecule has 1 rings (SSSR count). The molecule has 0 aromatic carbocycles. The van der Waals surface area contributed by atoms with E-state index in [9.17, 15) is 9.90 Å². The van der Waals surface area contributed by atoms with Gasteiger partial charge in [-0.15, -0.1) is 0 Å². The summed E-state index contributed by atoms with van der Waals surface area (Å²) in [6.07, 6.45) is 1.83. The quantitative estimate of drug-likeness (QED) is 0.776. The summed E-state index contributed by atoms with van der Waals surface area (Å²) in [7, 11) is 0. The lowest BCUT2D eigenvalue weighted by Crippen LogP contribution is -2.44. The molecular weight excluding hydrogens is 242 g/mol. The average molecular weight is 271 g/mol. The highest BCUT2D eigenvalue weighted by Gasteiger charge is 2.42. The van der Waals surface area contributed by atoms with Crippen LogP contribution in [0, 0.1) is 17.3 Å². The van der Waals surface area contributed by atoms with E-state index in [1.807, 2.05) is 13.8 Å². The number of nitrogens with one attached hydrogen (secondary N) is 1. The molecule has 1 aliphatic heterocycles. The summed E-state index contributed by atoms with van der Waals surface area (Å²) < 4.78 is 5.71. The minimum Gasteiger partial charge on any atom is -0.396 e. The predicted molar refractivity (Wildman–Crippen MR) is 75.8 cm³/mol. The van der Waals surface area contributed by atoms with Crippen LogP contribution >= 0.6 is 0 Å². The standard InChI is InChI=1S/C15H29NO3/c1-6-15(7-2,9-17)8-16-14(18)13-10(3)11(4)19-12(13)5/h10-13,17H,6-9H2,1-5H3,(H,16,18). The lowest BCUT2D eigenvalue weighted by molar-refractivity contribution is -0.127. The van der Waals surface area contributed by atoms with Crippen molar-refractivity contribution in [1.82, 2.24) is 5.32 Å². The molecule has 0 radical (unpaired) electrons. The lowest BCUT2D eigenvalue weighted by atomic mass is 9.82. The van der Waals surface area contributed by atoms with Crippen molar-refractivity contribution in [3.8, 4) is 0 Å². The molecular formula is C15H29NO3. The Bertz CT molecular complexity index is 294. The Morgan fingerprint density at radius 3 is 2.16 bits per heavy atom. The summed E-state index contributed by atoms with van der Waals surface area (Å²) in [4.78, 5) is 12.3. The van der Waals surface area contributed by atoms with E-state index in [-0.39, 0.29) is 42.0 Å². The molecule has 1 fully saturated rings. The molecule has 0 aromatic rings. The number of aliphatic hydroxyl groups excluding tert-OH is 1. The number of rotatable bonds is 6. The van der Waals surface area contributed by atoms with Crippen LogP contribution in [-0.4, -0.2) is 36.4 Å². The van der Waals surface area contributed by atoms with E-state index in [1.165, 1.54) is 0 Å². The van der Waals surface area contributed by atoms with Gasteiger partial charge in [0.1, 0.15) is 0 Å². The van der Waals surface area contributed by atoms with Crippen molar-refractivity contribution in [3.63, 3.8) is 0 Å². The number of carbonyl (C=O) groups is 1. The highest BCUT2D eigenvalue weighted by Crippen LogP contribution is 2.32. The second-order valence-corrected chi connectivity index (χ2v) is 6.01. The molecule has 0 saturated carbocycles. The van der Waals surface area contributed by atoms with E-state index in [0.29, 0.717) is 6.54 Å². The smallest absolute Gasteiger partial charge is 0.226 e. The van der Waals surface area contributed by atoms with Gasteiger partial charge in [0.05, 0.1) is 24.7 Å². The highest BCUT2D eigenvalue weighted by molar-refractivity contribution is 5.80. The molecule has 4 heteroatoms. The van der Waals surface area contributed by atoms with Crippen LogP contribution in [0.15, 0.2) is 0 Å². The first kappa shape index (κ1) is 16.4. The van der Waals surface area contributed by atoms with Crippen molar-refractivity contribution in [2.75, 3.05) is 13.2 Å². The van der Waals surface area contributed by atoms with Gasteiger partial charge in [-0.25, -0.2) is 0 Å². The molecule has 19 heavy (non-hydrogen) atoms. The topological polar surface area (TPSA) is 58.6 Å². The molecule has 0 aromatic heterocycles. The van der Waals surface area contributed by atoms with Crippen LogP contribution < -0.4 is 5.32 Å². The third-order valence-corrected chi connectivity index (χ3v) is 5.02. The molecule has 0 aliphatic carbocycles. The first-order chi connectivity index (χ1) is 8.90. The maximum Gasteiger partial charge on any atom is 0.226 e. The molecule has 4 nitrogen and oxygen atoms in total. The summed E-state index contributed by atoms with van der Waals surface area (Å²) in [5, 5.41) is 12.5. The lowest BCUT2D eigenvalue weighted by Gasteiger charge is -2.30. The summed E-state index contributed by atoms with van der Waals surface area (Å²) in [5.41, 5.74) is -0.187. The SMILES string of the molecule is CCC(CC)(CO)CNC(=O)C1C(C)OC(C)C1C. The van der Waals surface area contributed by atoms with Crippen molar-refractivity contribution in [1.29, 1.82) is 0 Å². The Morgan fingerprint density at radius 2 is 1.79 bits per heavy atom. The van der Waals surface area contributed by atoms with Gasteiger partial charge in [0.25, 0.3) is 0 Å². The molecule has 0 bridgehead atoms. The molecule has 1 amide bonds. The van der Waals surface area contributed by atoms with Crippen molar-refractivity contribution in [2.24, 2.45) is 17.3 Å². The zero-order chi connectivity index (χ0) is 14.6. The molecule has 4 unspecified atom stereocenters. The van der Waals surface area contributed by atoms with E-state index < -0.39 is 0 Å². The third kappa shape index (κ3) is 3.48. The largest absolute Gasteiger partial charge is 0.396 e. The molecule has 112 valence electrons. The zero-order valence-electron chi connectivity index (χ0n) is 12.9. The zero-order valence-corrected chi connectivity index (χ0v) is 12.9. The molecule has 2 N–H and O–H groups in total. The van der Waals surface area contributed by atoms with Crippen LogP contribution in [0.1, 0.15) is 47.5 Å². The summed E-state index contributed by atoms with van der Waals surface area (Å²) in [5.74, 6) is 0.214. The Kier molecular flexibility index (Phi) is 5.81. The maximum absolute atomic E-state index is 12.3. The monoisotopic (exact) mass is 271 g/mol. The van der Waals surface area contributed by atoms with E-state index in [4.69, 9.17) is 4.74 Å². The number of ether oxygens (including phenoxy) is 1. The fraction of sp³-hybridized carbons (Fsp3) is 0.933. The van der Waals surface area contributed by atoms with Gasteiger partial charge in [0.2, 0.25) is 5.91 Å². The van der Waals surface area contributed by atoms with Crippen molar-refractivity contribution in [3.05, 3.63) is 0 Å². The number of aliphatic hydroxyl groups is 1. The van der Waals surface area contributed by atoms with Gasteiger partial charge >= 0.3 is 0 Å². The second-order valence-electron chi connectivity index (χ2n) is 6.01. The Hall–Kier alpha value is -0.610. The van der Waals surface area contributed by atoms with Crippen LogP contribution in [0.3, 0.4) is 0 Å². The second kappa shape index (κ2) is 6.71. The molecule has 4 atom stereocenters. The van der Waals surface area contributed by atoms with E-state index in [2.05, 4.69) is 26.1 Å². The first-order valence-corrected chi connectivity index (χ1v) is 7.44. The number of hydrogen-bond donors (Lipinski definition) is 2. The van der Waals surface area contributed by atoms with Crippen LogP contribution in [0.25, 0.3) is 0 Å². The molecule has 1 aliphatic rings. The maximum atomic E-state index is 12.3. The van der Waals surface area contributed by atoms with Gasteiger partial charge in [0, 0.05) is 12.0 Å². The molecule has 1 saturated heterocycles. The van der Waals surface area contributed by atoms with Crippen molar-refractivity contribution >= 4 is 5.91 Å². The summed E-state index contributed by atoms with van der Waals surface area (Å²) >= 11 is 0. The third-order valence-electron chi connectivity index (χ3n) is 5.02. The normalized spacial score (nSPS) is 31.5. The fourth-order valence-electron chi connectivity index (χ4n) is 2.89. The number of amides is 1. The summed E-state index contributed by atoms with van der Waals surface area (Å²) in [6, 6.07) is 0. The molecule has 0 spiro atoms. The van der Waals surface area contributed by atoms with Crippen molar-refractivity contribution < 1.29 is 14.6 Å². The first-order valence-electron chi connectivity index (χ1n) is 7.44. The Balaban J connectivity index is 2.60. The van der Waals surface area contributed by atoms with Gasteiger partial charge in [-0.2, -0.15) is 0 Å². The van der Waals surface area contributed by atoms with Gasteiger partial charge < -0.3 is 15.2 Å². The minimum absolute atomic E-state index is 0.0308. The molecule has 1 heterocycles. The van der Waals surface area contributed by atoms with Crippen LogP contribution in [-0.2, 0) is 9.53 Å². The minimum atomic E-state index is -0.187. The van der Waals surface area contributed by atoms with Crippen LogP contribution in [0.5, 0.6) is 0 Å². The Morgan fingerprint density at radius 1 is 1.21 bits per heavy atom. The van der Waals surface area contributed by atoms with E-state index in [1.54, 1.807) is 0 Å².